The first kappa shape index (κ1) is 17.7. The van der Waals surface area contributed by atoms with Crippen LogP contribution in [-0.2, 0) is 4.79 Å². The van der Waals surface area contributed by atoms with Crippen molar-refractivity contribution in [3.8, 4) is 11.5 Å². The molecule has 2 aliphatic rings. The van der Waals surface area contributed by atoms with Gasteiger partial charge in [0.25, 0.3) is 5.91 Å². The largest absolute Gasteiger partial charge is 0.486 e. The van der Waals surface area contributed by atoms with Gasteiger partial charge in [0.15, 0.2) is 11.5 Å². The van der Waals surface area contributed by atoms with E-state index < -0.39 is 0 Å². The van der Waals surface area contributed by atoms with Crippen molar-refractivity contribution in [2.75, 3.05) is 24.3 Å². The minimum atomic E-state index is -0.130. The van der Waals surface area contributed by atoms with Crippen molar-refractivity contribution < 1.29 is 19.1 Å². The quantitative estimate of drug-likeness (QED) is 0.749. The summed E-state index contributed by atoms with van der Waals surface area (Å²) >= 11 is 1.42. The molecule has 0 radical (unpaired) electrons. The van der Waals surface area contributed by atoms with Crippen LogP contribution < -0.4 is 20.1 Å². The van der Waals surface area contributed by atoms with Crippen LogP contribution in [0.3, 0.4) is 0 Å². The third kappa shape index (κ3) is 4.74. The molecular weight excluding hydrogens is 364 g/mol. The van der Waals surface area contributed by atoms with Crippen LogP contribution in [-0.4, -0.2) is 36.8 Å². The Morgan fingerprint density at radius 3 is 2.67 bits per heavy atom. The summed E-state index contributed by atoms with van der Waals surface area (Å²) in [4.78, 5) is 25.3. The number of carbonyl (C=O) groups excluding carboxylic acids is 2. The van der Waals surface area contributed by atoms with E-state index in [1.807, 2.05) is 18.2 Å². The Morgan fingerprint density at radius 2 is 1.85 bits per heavy atom. The van der Waals surface area contributed by atoms with Crippen molar-refractivity contribution in [3.63, 3.8) is 0 Å². The zero-order valence-electron chi connectivity index (χ0n) is 14.7. The SMILES string of the molecule is O=C(CSc1ccc2c(c1)OCCO2)Nc1cccc(C(=O)NC2CC2)c1. The summed E-state index contributed by atoms with van der Waals surface area (Å²) in [7, 11) is 0. The summed E-state index contributed by atoms with van der Waals surface area (Å²) < 4.78 is 11.1. The van der Waals surface area contributed by atoms with E-state index in [1.165, 1.54) is 11.8 Å². The molecule has 2 aromatic rings. The lowest BCUT2D eigenvalue weighted by molar-refractivity contribution is -0.113. The Kier molecular flexibility index (Phi) is 5.20. The predicted molar refractivity (Wildman–Crippen MR) is 104 cm³/mol. The number of thioether (sulfide) groups is 1. The van der Waals surface area contributed by atoms with E-state index in [4.69, 9.17) is 9.47 Å². The number of nitrogens with one attached hydrogen (secondary N) is 2. The van der Waals surface area contributed by atoms with Gasteiger partial charge in [0.1, 0.15) is 13.2 Å². The number of rotatable bonds is 6. The van der Waals surface area contributed by atoms with Gasteiger partial charge in [0, 0.05) is 22.2 Å². The highest BCUT2D eigenvalue weighted by molar-refractivity contribution is 8.00. The first-order valence-electron chi connectivity index (χ1n) is 8.90. The van der Waals surface area contributed by atoms with Crippen LogP contribution in [0.1, 0.15) is 23.2 Å². The number of amides is 2. The number of hydrogen-bond donors (Lipinski definition) is 2. The third-order valence-electron chi connectivity index (χ3n) is 4.20. The minimum absolute atomic E-state index is 0.0979. The first-order valence-corrected chi connectivity index (χ1v) is 9.89. The summed E-state index contributed by atoms with van der Waals surface area (Å²) in [6.07, 6.45) is 2.08. The second kappa shape index (κ2) is 7.92. The number of hydrogen-bond acceptors (Lipinski definition) is 5. The molecule has 4 rings (SSSR count). The number of ether oxygens (including phenoxy) is 2. The summed E-state index contributed by atoms with van der Waals surface area (Å²) in [5.74, 6) is 1.48. The van der Waals surface area contributed by atoms with Gasteiger partial charge < -0.3 is 20.1 Å². The van der Waals surface area contributed by atoms with Gasteiger partial charge in [0.05, 0.1) is 5.75 Å². The molecule has 0 aromatic heterocycles. The lowest BCUT2D eigenvalue weighted by Crippen LogP contribution is -2.25. The Hall–Kier alpha value is -2.67. The average Bonchev–Trinajstić information content (AvgIpc) is 3.50. The lowest BCUT2D eigenvalue weighted by Gasteiger charge is -2.18. The number of fused-ring (bicyclic) bond motifs is 1. The van der Waals surface area contributed by atoms with Crippen molar-refractivity contribution in [2.45, 2.75) is 23.8 Å². The topological polar surface area (TPSA) is 76.7 Å². The highest BCUT2D eigenvalue weighted by Gasteiger charge is 2.23. The van der Waals surface area contributed by atoms with E-state index in [1.54, 1.807) is 24.3 Å². The van der Waals surface area contributed by atoms with Crippen LogP contribution in [0.4, 0.5) is 5.69 Å². The summed E-state index contributed by atoms with van der Waals surface area (Å²) in [5, 5.41) is 5.79. The fraction of sp³-hybridized carbons (Fsp3) is 0.300. The number of carbonyl (C=O) groups is 2. The first-order chi connectivity index (χ1) is 13.2. The standard InChI is InChI=1S/C20H20N2O4S/c23-19(12-27-16-6-7-17-18(11-16)26-9-8-25-17)21-15-3-1-2-13(10-15)20(24)22-14-4-5-14/h1-3,6-7,10-11,14H,4-5,8-9,12H2,(H,21,23)(H,22,24). The van der Waals surface area contributed by atoms with Crippen LogP contribution in [0.5, 0.6) is 11.5 Å². The van der Waals surface area contributed by atoms with Crippen molar-refractivity contribution >= 4 is 29.3 Å². The zero-order chi connectivity index (χ0) is 18.6. The van der Waals surface area contributed by atoms with Gasteiger partial charge in [-0.2, -0.15) is 0 Å². The second-order valence-electron chi connectivity index (χ2n) is 6.47. The maximum atomic E-state index is 12.3. The van der Waals surface area contributed by atoms with E-state index in [2.05, 4.69) is 10.6 Å². The Bertz CT molecular complexity index is 867. The summed E-state index contributed by atoms with van der Waals surface area (Å²) in [5.41, 5.74) is 1.17. The third-order valence-corrected chi connectivity index (χ3v) is 5.20. The predicted octanol–water partition coefficient (Wildman–Crippen LogP) is 3.08. The van der Waals surface area contributed by atoms with Gasteiger partial charge >= 0.3 is 0 Å². The highest BCUT2D eigenvalue weighted by Crippen LogP contribution is 2.34. The molecule has 0 atom stereocenters. The molecule has 27 heavy (non-hydrogen) atoms. The molecule has 2 amide bonds. The molecule has 1 fully saturated rings. The molecule has 0 unspecified atom stereocenters. The molecule has 1 saturated carbocycles. The molecule has 1 aliphatic carbocycles. The molecule has 0 saturated heterocycles. The van der Waals surface area contributed by atoms with Crippen molar-refractivity contribution in [1.29, 1.82) is 0 Å². The Labute approximate surface area is 161 Å². The van der Waals surface area contributed by atoms with Gasteiger partial charge in [0.2, 0.25) is 5.91 Å². The molecule has 1 aliphatic heterocycles. The Morgan fingerprint density at radius 1 is 1.04 bits per heavy atom. The Balaban J connectivity index is 1.32. The minimum Gasteiger partial charge on any atom is -0.486 e. The van der Waals surface area contributed by atoms with E-state index in [-0.39, 0.29) is 17.6 Å². The highest BCUT2D eigenvalue weighted by atomic mass is 32.2. The molecular formula is C20H20N2O4S. The van der Waals surface area contributed by atoms with Crippen LogP contribution in [0.2, 0.25) is 0 Å². The van der Waals surface area contributed by atoms with Gasteiger partial charge in [-0.15, -0.1) is 11.8 Å². The molecule has 0 spiro atoms. The van der Waals surface area contributed by atoms with Gasteiger partial charge in [-0.1, -0.05) is 6.07 Å². The van der Waals surface area contributed by atoms with Crippen LogP contribution in [0.25, 0.3) is 0 Å². The second-order valence-corrected chi connectivity index (χ2v) is 7.52. The molecule has 2 aromatic carbocycles. The molecule has 6 nitrogen and oxygen atoms in total. The fourth-order valence-electron chi connectivity index (χ4n) is 2.69. The molecule has 140 valence electrons. The average molecular weight is 384 g/mol. The zero-order valence-corrected chi connectivity index (χ0v) is 15.5. The monoisotopic (exact) mass is 384 g/mol. The van der Waals surface area contributed by atoms with E-state index in [0.29, 0.717) is 36.3 Å². The maximum Gasteiger partial charge on any atom is 0.251 e. The van der Waals surface area contributed by atoms with E-state index in [0.717, 1.165) is 23.5 Å². The van der Waals surface area contributed by atoms with E-state index >= 15 is 0 Å². The van der Waals surface area contributed by atoms with Crippen LogP contribution in [0, 0.1) is 0 Å². The summed E-state index contributed by atoms with van der Waals surface area (Å²) in [6, 6.07) is 13.0. The molecule has 0 bridgehead atoms. The summed E-state index contributed by atoms with van der Waals surface area (Å²) in [6.45, 7) is 1.09. The van der Waals surface area contributed by atoms with E-state index in [9.17, 15) is 9.59 Å². The smallest absolute Gasteiger partial charge is 0.251 e. The van der Waals surface area contributed by atoms with Crippen molar-refractivity contribution in [1.82, 2.24) is 5.32 Å². The maximum absolute atomic E-state index is 12.3. The normalized spacial score (nSPS) is 15.1. The van der Waals surface area contributed by atoms with Gasteiger partial charge in [-0.3, -0.25) is 9.59 Å². The lowest BCUT2D eigenvalue weighted by atomic mass is 10.2. The van der Waals surface area contributed by atoms with Crippen LogP contribution in [0.15, 0.2) is 47.4 Å². The molecule has 2 N–H and O–H groups in total. The van der Waals surface area contributed by atoms with Crippen molar-refractivity contribution in [2.24, 2.45) is 0 Å². The molecule has 7 heteroatoms. The molecule has 1 heterocycles. The van der Waals surface area contributed by atoms with Crippen LogP contribution >= 0.6 is 11.8 Å². The van der Waals surface area contributed by atoms with Gasteiger partial charge in [-0.05, 0) is 49.2 Å². The number of anilines is 1. The fourth-order valence-corrected chi connectivity index (χ4v) is 3.42. The van der Waals surface area contributed by atoms with Crippen molar-refractivity contribution in [3.05, 3.63) is 48.0 Å². The number of benzene rings is 2. The van der Waals surface area contributed by atoms with Gasteiger partial charge in [-0.25, -0.2) is 0 Å².